The number of nitrogens with zero attached hydrogens (tertiary/aromatic N) is 1. The summed E-state index contributed by atoms with van der Waals surface area (Å²) in [5.41, 5.74) is -0.452. The number of piperidine rings is 2. The summed E-state index contributed by atoms with van der Waals surface area (Å²) >= 11 is 0. The fourth-order valence-electron chi connectivity index (χ4n) is 3.03. The molecule has 2 saturated heterocycles. The van der Waals surface area contributed by atoms with Gasteiger partial charge in [-0.15, -0.1) is 12.4 Å². The third-order valence-electron chi connectivity index (χ3n) is 4.45. The van der Waals surface area contributed by atoms with E-state index in [0.717, 1.165) is 51.7 Å². The monoisotopic (exact) mass is 317 g/mol. The average molecular weight is 318 g/mol. The highest BCUT2D eigenvalue weighted by molar-refractivity contribution is 5.86. The van der Waals surface area contributed by atoms with Gasteiger partial charge in [0.25, 0.3) is 0 Å². The lowest BCUT2D eigenvalue weighted by Gasteiger charge is -2.33. The van der Waals surface area contributed by atoms with Crippen LogP contribution in [0.25, 0.3) is 0 Å². The van der Waals surface area contributed by atoms with Gasteiger partial charge in [-0.3, -0.25) is 9.59 Å². The second-order valence-electron chi connectivity index (χ2n) is 6.16. The maximum absolute atomic E-state index is 12.2. The predicted octanol–water partition coefficient (Wildman–Crippen LogP) is 1.46. The molecule has 0 aromatic carbocycles. The van der Waals surface area contributed by atoms with Crippen molar-refractivity contribution < 1.29 is 9.59 Å². The molecule has 1 atom stereocenters. The first-order valence-corrected chi connectivity index (χ1v) is 7.93. The van der Waals surface area contributed by atoms with Crippen LogP contribution in [-0.4, -0.2) is 48.4 Å². The Kier molecular flexibility index (Phi) is 7.46. The molecule has 0 aromatic heterocycles. The van der Waals surface area contributed by atoms with Gasteiger partial charge in [-0.25, -0.2) is 0 Å². The number of hydrogen-bond acceptors (Lipinski definition) is 3. The van der Waals surface area contributed by atoms with Crippen LogP contribution in [0.1, 0.15) is 51.9 Å². The molecule has 2 aliphatic heterocycles. The zero-order chi connectivity index (χ0) is 14.4. The van der Waals surface area contributed by atoms with Crippen molar-refractivity contribution >= 4 is 24.2 Å². The van der Waals surface area contributed by atoms with Gasteiger partial charge < -0.3 is 15.5 Å². The van der Waals surface area contributed by atoms with E-state index in [1.165, 1.54) is 6.42 Å². The molecule has 0 radical (unpaired) electrons. The molecule has 2 fully saturated rings. The van der Waals surface area contributed by atoms with Gasteiger partial charge in [0.1, 0.15) is 0 Å². The minimum Gasteiger partial charge on any atom is -0.354 e. The molecule has 122 valence electrons. The molecule has 2 heterocycles. The van der Waals surface area contributed by atoms with E-state index >= 15 is 0 Å². The number of amides is 2. The molecule has 0 saturated carbocycles. The Balaban J connectivity index is 0.00000220. The Hall–Kier alpha value is -0.810. The van der Waals surface area contributed by atoms with E-state index in [1.807, 2.05) is 11.8 Å². The lowest BCUT2D eigenvalue weighted by atomic mass is 9.90. The number of halogens is 1. The molecule has 0 aromatic rings. The Morgan fingerprint density at radius 3 is 2.48 bits per heavy atom. The van der Waals surface area contributed by atoms with Crippen LogP contribution in [0.5, 0.6) is 0 Å². The molecule has 1 unspecified atom stereocenters. The first kappa shape index (κ1) is 18.2. The summed E-state index contributed by atoms with van der Waals surface area (Å²) in [6, 6.07) is 0. The van der Waals surface area contributed by atoms with Gasteiger partial charge in [0.15, 0.2) is 0 Å². The van der Waals surface area contributed by atoms with Crippen molar-refractivity contribution in [1.29, 1.82) is 0 Å². The highest BCUT2D eigenvalue weighted by Gasteiger charge is 2.33. The molecule has 0 spiro atoms. The summed E-state index contributed by atoms with van der Waals surface area (Å²) in [7, 11) is 0. The van der Waals surface area contributed by atoms with Crippen LogP contribution in [0.4, 0.5) is 0 Å². The van der Waals surface area contributed by atoms with E-state index < -0.39 is 5.54 Å². The van der Waals surface area contributed by atoms with Crippen molar-refractivity contribution in [2.24, 2.45) is 0 Å². The zero-order valence-electron chi connectivity index (χ0n) is 13.0. The maximum atomic E-state index is 12.2. The summed E-state index contributed by atoms with van der Waals surface area (Å²) in [4.78, 5) is 26.1. The van der Waals surface area contributed by atoms with E-state index in [2.05, 4.69) is 10.6 Å². The van der Waals surface area contributed by atoms with Crippen molar-refractivity contribution in [3.63, 3.8) is 0 Å². The molecule has 2 amide bonds. The smallest absolute Gasteiger partial charge is 0.240 e. The first-order valence-electron chi connectivity index (χ1n) is 7.93. The first-order chi connectivity index (χ1) is 9.62. The number of carbonyl (C=O) groups excluding carboxylic acids is 2. The third kappa shape index (κ3) is 5.15. The van der Waals surface area contributed by atoms with E-state index in [9.17, 15) is 9.59 Å². The van der Waals surface area contributed by atoms with E-state index in [4.69, 9.17) is 0 Å². The lowest BCUT2D eigenvalue weighted by Crippen LogP contribution is -2.57. The largest absolute Gasteiger partial charge is 0.354 e. The summed E-state index contributed by atoms with van der Waals surface area (Å²) in [6.45, 7) is 5.06. The van der Waals surface area contributed by atoms with Crippen molar-refractivity contribution in [1.82, 2.24) is 15.5 Å². The molecule has 6 heteroatoms. The highest BCUT2D eigenvalue weighted by Crippen LogP contribution is 2.18. The van der Waals surface area contributed by atoms with E-state index in [0.29, 0.717) is 13.0 Å². The molecule has 2 N–H and O–H groups in total. The SMILES string of the molecule is CC1(C(=O)NCCC(=O)N2CCCCC2)CCCCN1.Cl. The van der Waals surface area contributed by atoms with Crippen LogP contribution >= 0.6 is 12.4 Å². The van der Waals surface area contributed by atoms with Crippen LogP contribution in [0, 0.1) is 0 Å². The molecular weight excluding hydrogens is 290 g/mol. The van der Waals surface area contributed by atoms with Gasteiger partial charge in [-0.05, 0) is 52.0 Å². The van der Waals surface area contributed by atoms with Gasteiger partial charge in [-0.1, -0.05) is 0 Å². The maximum Gasteiger partial charge on any atom is 0.240 e. The average Bonchev–Trinajstić information content (AvgIpc) is 2.48. The molecule has 5 nitrogen and oxygen atoms in total. The highest BCUT2D eigenvalue weighted by atomic mass is 35.5. The molecule has 2 rings (SSSR count). The van der Waals surface area contributed by atoms with Gasteiger partial charge in [-0.2, -0.15) is 0 Å². The normalized spacial score (nSPS) is 25.9. The van der Waals surface area contributed by atoms with Crippen LogP contribution in [0.2, 0.25) is 0 Å². The Morgan fingerprint density at radius 1 is 1.14 bits per heavy atom. The van der Waals surface area contributed by atoms with Gasteiger partial charge >= 0.3 is 0 Å². The summed E-state index contributed by atoms with van der Waals surface area (Å²) in [6.07, 6.45) is 6.96. The van der Waals surface area contributed by atoms with Crippen LogP contribution in [0.15, 0.2) is 0 Å². The minimum atomic E-state index is -0.452. The van der Waals surface area contributed by atoms with Crippen LogP contribution in [0.3, 0.4) is 0 Å². The number of nitrogens with one attached hydrogen (secondary N) is 2. The lowest BCUT2D eigenvalue weighted by molar-refractivity contribution is -0.132. The Morgan fingerprint density at radius 2 is 1.86 bits per heavy atom. The second kappa shape index (κ2) is 8.59. The second-order valence-corrected chi connectivity index (χ2v) is 6.16. The van der Waals surface area contributed by atoms with Gasteiger partial charge in [0.05, 0.1) is 5.54 Å². The summed E-state index contributed by atoms with van der Waals surface area (Å²) < 4.78 is 0. The molecule has 21 heavy (non-hydrogen) atoms. The minimum absolute atomic E-state index is 0. The van der Waals surface area contributed by atoms with Crippen LogP contribution in [-0.2, 0) is 9.59 Å². The predicted molar refractivity (Wildman–Crippen MR) is 85.6 cm³/mol. The number of rotatable bonds is 4. The molecule has 2 aliphatic rings. The number of likely N-dealkylation sites (tertiary alicyclic amines) is 1. The number of hydrogen-bond donors (Lipinski definition) is 2. The van der Waals surface area contributed by atoms with Crippen molar-refractivity contribution in [3.8, 4) is 0 Å². The van der Waals surface area contributed by atoms with Crippen molar-refractivity contribution in [2.75, 3.05) is 26.2 Å². The number of carbonyl (C=O) groups is 2. The van der Waals surface area contributed by atoms with Gasteiger partial charge in [0.2, 0.25) is 11.8 Å². The standard InChI is InChI=1S/C15H27N3O2.ClH/c1-15(8-3-4-9-17-15)14(20)16-10-7-13(19)18-11-5-2-6-12-18;/h17H,2-12H2,1H3,(H,16,20);1H. The Bertz CT molecular complexity index is 351. The van der Waals surface area contributed by atoms with Crippen molar-refractivity contribution in [2.45, 2.75) is 57.4 Å². The fraction of sp³-hybridized carbons (Fsp3) is 0.867. The third-order valence-corrected chi connectivity index (χ3v) is 4.45. The molecule has 0 bridgehead atoms. The summed E-state index contributed by atoms with van der Waals surface area (Å²) in [5.74, 6) is 0.204. The van der Waals surface area contributed by atoms with Crippen LogP contribution < -0.4 is 10.6 Å². The van der Waals surface area contributed by atoms with Gasteiger partial charge in [0, 0.05) is 26.1 Å². The zero-order valence-corrected chi connectivity index (χ0v) is 13.8. The van der Waals surface area contributed by atoms with Crippen molar-refractivity contribution in [3.05, 3.63) is 0 Å². The Labute approximate surface area is 133 Å². The fourth-order valence-corrected chi connectivity index (χ4v) is 3.03. The van der Waals surface area contributed by atoms with E-state index in [1.54, 1.807) is 0 Å². The quantitative estimate of drug-likeness (QED) is 0.825. The topological polar surface area (TPSA) is 61.4 Å². The van der Waals surface area contributed by atoms with E-state index in [-0.39, 0.29) is 24.2 Å². The summed E-state index contributed by atoms with van der Waals surface area (Å²) in [5, 5.41) is 6.20. The molecular formula is C15H28ClN3O2. The molecule has 0 aliphatic carbocycles.